The van der Waals surface area contributed by atoms with E-state index >= 15 is 0 Å². The van der Waals surface area contributed by atoms with Crippen LogP contribution in [0.15, 0.2) is 0 Å². The summed E-state index contributed by atoms with van der Waals surface area (Å²) < 4.78 is 0. The Morgan fingerprint density at radius 2 is 1.75 bits per heavy atom. The van der Waals surface area contributed by atoms with Gasteiger partial charge in [-0.3, -0.25) is 0 Å². The van der Waals surface area contributed by atoms with Crippen molar-refractivity contribution in [2.24, 2.45) is 0 Å². The number of aliphatic hydroxyl groups is 1. The van der Waals surface area contributed by atoms with Crippen molar-refractivity contribution < 1.29 is 37.4 Å². The fourth-order valence-corrected chi connectivity index (χ4v) is 0. The Balaban J connectivity index is -0.0000000575. The van der Waals surface area contributed by atoms with Gasteiger partial charge < -0.3 is 15.0 Å². The summed E-state index contributed by atoms with van der Waals surface area (Å²) in [5, 5.41) is 16.5. The van der Waals surface area contributed by atoms with Crippen molar-refractivity contribution in [2.75, 3.05) is 6.61 Å². The van der Waals surface area contributed by atoms with Gasteiger partial charge >= 0.3 is 22.4 Å². The number of carbonyl (C=O) groups excluding carboxylic acids is 1. The molecule has 0 rings (SSSR count). The number of aliphatic hydroxyl groups excluding tert-OH is 1. The molecule has 0 aliphatic carbocycles. The van der Waals surface area contributed by atoms with Crippen LogP contribution in [0.2, 0.25) is 0 Å². The summed E-state index contributed by atoms with van der Waals surface area (Å²) in [5.41, 5.74) is 0. The fourth-order valence-electron chi connectivity index (χ4n) is 0. The van der Waals surface area contributed by atoms with Crippen molar-refractivity contribution in [2.45, 2.75) is 13.8 Å². The van der Waals surface area contributed by atoms with Crippen molar-refractivity contribution >= 4 is 5.97 Å². The Morgan fingerprint density at radius 1 is 1.75 bits per heavy atom. The first-order valence-electron chi connectivity index (χ1n) is 1.93. The van der Waals surface area contributed by atoms with Gasteiger partial charge in [0.1, 0.15) is 0 Å². The number of rotatable bonds is 0. The molecule has 0 radical (unpaired) electrons. The Kier molecular flexibility index (Phi) is 30.8. The van der Waals surface area contributed by atoms with Crippen molar-refractivity contribution in [3.63, 3.8) is 0 Å². The smallest absolute Gasteiger partial charge is 0.550 e. The van der Waals surface area contributed by atoms with Crippen molar-refractivity contribution in [3.05, 3.63) is 0 Å². The van der Waals surface area contributed by atoms with E-state index in [1.54, 1.807) is 6.92 Å². The van der Waals surface area contributed by atoms with E-state index in [0.717, 1.165) is 6.92 Å². The molecule has 0 bridgehead atoms. The summed E-state index contributed by atoms with van der Waals surface area (Å²) in [6.45, 7) is 2.90. The van der Waals surface area contributed by atoms with Crippen LogP contribution in [-0.2, 0) is 27.2 Å². The molecule has 3 nitrogen and oxygen atoms in total. The van der Waals surface area contributed by atoms with Crippen LogP contribution in [0.3, 0.4) is 0 Å². The maximum Gasteiger partial charge on any atom is 1.00 e. The van der Waals surface area contributed by atoms with E-state index in [4.69, 9.17) is 15.0 Å². The van der Waals surface area contributed by atoms with Gasteiger partial charge in [-0.15, -0.1) is 0 Å². The van der Waals surface area contributed by atoms with E-state index < -0.39 is 5.97 Å². The number of carboxylic acid groups (broad SMARTS) is 1. The SMILES string of the molecule is CC(=O)[O-].CCO.[Ag+]. The van der Waals surface area contributed by atoms with E-state index in [0.29, 0.717) is 0 Å². The predicted molar refractivity (Wildman–Crippen MR) is 23.4 cm³/mol. The van der Waals surface area contributed by atoms with Crippen LogP contribution in [-0.4, -0.2) is 17.7 Å². The molecule has 0 unspecified atom stereocenters. The van der Waals surface area contributed by atoms with Crippen LogP contribution in [0.1, 0.15) is 13.8 Å². The first kappa shape index (κ1) is 15.7. The monoisotopic (exact) mass is 212 g/mol. The first-order valence-corrected chi connectivity index (χ1v) is 1.93. The van der Waals surface area contributed by atoms with Crippen LogP contribution < -0.4 is 5.11 Å². The first-order chi connectivity index (χ1) is 3.15. The van der Waals surface area contributed by atoms with Crippen LogP contribution >= 0.6 is 0 Å². The summed E-state index contributed by atoms with van der Waals surface area (Å²) in [5.74, 6) is -1.08. The normalized spacial score (nSPS) is 5.38. The standard InChI is InChI=1S/C2H4O2.C2H6O.Ag/c1-2(3)4;1-2-3;/h1H3,(H,3,4);3H,2H2,1H3;/q;;+1/p-1. The predicted octanol–water partition coefficient (Wildman–Crippen LogP) is -1.25. The second kappa shape index (κ2) is 15.7. The van der Waals surface area contributed by atoms with Crippen LogP contribution in [0.25, 0.3) is 0 Å². The van der Waals surface area contributed by atoms with Gasteiger partial charge in [0, 0.05) is 12.6 Å². The zero-order chi connectivity index (χ0) is 6.28. The number of hydrogen-bond donors (Lipinski definition) is 1. The van der Waals surface area contributed by atoms with Crippen molar-refractivity contribution in [1.82, 2.24) is 0 Å². The van der Waals surface area contributed by atoms with Gasteiger partial charge in [0.15, 0.2) is 0 Å². The van der Waals surface area contributed by atoms with E-state index in [1.165, 1.54) is 0 Å². The molecule has 4 heteroatoms. The summed E-state index contributed by atoms with van der Waals surface area (Å²) >= 11 is 0. The Bertz CT molecular complexity index is 42.5. The number of carbonyl (C=O) groups is 1. The molecule has 0 amide bonds. The molecule has 0 heterocycles. The quantitative estimate of drug-likeness (QED) is 0.511. The third-order valence-corrected chi connectivity index (χ3v) is 0. The fraction of sp³-hybridized carbons (Fsp3) is 0.750. The van der Waals surface area contributed by atoms with Crippen LogP contribution in [0.4, 0.5) is 0 Å². The molecule has 0 saturated heterocycles. The second-order valence-electron chi connectivity index (χ2n) is 0.808. The van der Waals surface area contributed by atoms with E-state index in [2.05, 4.69) is 0 Å². The minimum absolute atomic E-state index is 0. The summed E-state index contributed by atoms with van der Waals surface area (Å²) in [6.07, 6.45) is 0. The molecule has 0 saturated carbocycles. The number of hydrogen-bond acceptors (Lipinski definition) is 3. The second-order valence-corrected chi connectivity index (χ2v) is 0.808. The number of aliphatic carboxylic acids is 1. The molecule has 0 fully saturated rings. The summed E-state index contributed by atoms with van der Waals surface area (Å²) in [7, 11) is 0. The van der Waals surface area contributed by atoms with Crippen LogP contribution in [0, 0.1) is 0 Å². The van der Waals surface area contributed by atoms with Gasteiger partial charge in [-0.05, 0) is 13.8 Å². The number of carboxylic acids is 1. The molecule has 1 N–H and O–H groups in total. The zero-order valence-electron chi connectivity index (χ0n) is 4.77. The minimum Gasteiger partial charge on any atom is -0.550 e. The van der Waals surface area contributed by atoms with E-state index in [1.807, 2.05) is 0 Å². The Labute approximate surface area is 64.2 Å². The molecule has 0 aromatic heterocycles. The van der Waals surface area contributed by atoms with Gasteiger partial charge in [0.05, 0.1) is 0 Å². The molecule has 54 valence electrons. The molecule has 8 heavy (non-hydrogen) atoms. The largest absolute Gasteiger partial charge is 1.00 e. The van der Waals surface area contributed by atoms with Crippen LogP contribution in [0.5, 0.6) is 0 Å². The van der Waals surface area contributed by atoms with Gasteiger partial charge in [0.25, 0.3) is 0 Å². The Hall–Kier alpha value is 0.170. The molecular weight excluding hydrogens is 204 g/mol. The van der Waals surface area contributed by atoms with E-state index in [9.17, 15) is 0 Å². The van der Waals surface area contributed by atoms with Crippen molar-refractivity contribution in [1.29, 1.82) is 0 Å². The zero-order valence-corrected chi connectivity index (χ0v) is 6.25. The molecule has 0 spiro atoms. The summed E-state index contributed by atoms with van der Waals surface area (Å²) in [4.78, 5) is 8.89. The molecule has 0 aromatic rings. The Morgan fingerprint density at radius 3 is 1.75 bits per heavy atom. The minimum atomic E-state index is -1.08. The third-order valence-electron chi connectivity index (χ3n) is 0. The van der Waals surface area contributed by atoms with E-state index in [-0.39, 0.29) is 29.0 Å². The maximum absolute atomic E-state index is 8.89. The van der Waals surface area contributed by atoms with Gasteiger partial charge in [0.2, 0.25) is 0 Å². The molecule has 0 atom stereocenters. The molecular formula is C4H9AgO3. The topological polar surface area (TPSA) is 60.4 Å². The van der Waals surface area contributed by atoms with Gasteiger partial charge in [-0.25, -0.2) is 0 Å². The molecule has 0 aromatic carbocycles. The van der Waals surface area contributed by atoms with Gasteiger partial charge in [-0.1, -0.05) is 0 Å². The summed E-state index contributed by atoms with van der Waals surface area (Å²) in [6, 6.07) is 0. The third kappa shape index (κ3) is 5690. The average Bonchev–Trinajstić information content (AvgIpc) is 1.33. The molecule has 0 aliphatic rings. The van der Waals surface area contributed by atoms with Crippen molar-refractivity contribution in [3.8, 4) is 0 Å². The maximum atomic E-state index is 8.89. The van der Waals surface area contributed by atoms with Gasteiger partial charge in [-0.2, -0.15) is 0 Å². The molecule has 0 aliphatic heterocycles. The average molecular weight is 213 g/mol.